The lowest BCUT2D eigenvalue weighted by molar-refractivity contribution is 0.415. The minimum Gasteiger partial charge on any atom is -0.497 e. The Morgan fingerprint density at radius 3 is 2.81 bits per heavy atom. The molecule has 6 heteroatoms. The van der Waals surface area contributed by atoms with Gasteiger partial charge in [0.15, 0.2) is 5.17 Å². The van der Waals surface area contributed by atoms with E-state index in [-0.39, 0.29) is 5.82 Å². The molecule has 2 aromatic carbocycles. The first-order valence-corrected chi connectivity index (χ1v) is 7.50. The second-order valence-corrected chi connectivity index (χ2v) is 5.54. The number of amidine groups is 1. The molecule has 0 heterocycles. The van der Waals surface area contributed by atoms with Crippen LogP contribution in [0.2, 0.25) is 5.02 Å². The maximum atomic E-state index is 13.6. The van der Waals surface area contributed by atoms with Crippen LogP contribution in [0.25, 0.3) is 0 Å². The average molecular weight is 325 g/mol. The van der Waals surface area contributed by atoms with Crippen molar-refractivity contribution in [3.63, 3.8) is 0 Å². The molecule has 21 heavy (non-hydrogen) atoms. The van der Waals surface area contributed by atoms with Gasteiger partial charge in [-0.15, -0.1) is 0 Å². The topological polar surface area (TPSA) is 47.6 Å². The number of aliphatic imine (C=N–C) groups is 1. The van der Waals surface area contributed by atoms with E-state index in [2.05, 4.69) is 4.99 Å². The van der Waals surface area contributed by atoms with Gasteiger partial charge < -0.3 is 10.5 Å². The Labute approximate surface area is 132 Å². The monoisotopic (exact) mass is 324 g/mol. The lowest BCUT2D eigenvalue weighted by Crippen LogP contribution is -2.06. The number of thioether (sulfide) groups is 1. The van der Waals surface area contributed by atoms with Crippen LogP contribution in [0.3, 0.4) is 0 Å². The van der Waals surface area contributed by atoms with Crippen LogP contribution in [0.15, 0.2) is 47.5 Å². The van der Waals surface area contributed by atoms with Crippen molar-refractivity contribution in [1.82, 2.24) is 0 Å². The van der Waals surface area contributed by atoms with Crippen molar-refractivity contribution < 1.29 is 9.13 Å². The van der Waals surface area contributed by atoms with Crippen molar-refractivity contribution in [3.8, 4) is 5.75 Å². The summed E-state index contributed by atoms with van der Waals surface area (Å²) in [5.74, 6) is 0.681. The first-order chi connectivity index (χ1) is 10.1. The molecule has 2 rings (SSSR count). The minimum atomic E-state index is -0.343. The van der Waals surface area contributed by atoms with Crippen LogP contribution in [0.1, 0.15) is 5.56 Å². The fraction of sp³-hybridized carbons (Fsp3) is 0.133. The molecule has 0 fully saturated rings. The van der Waals surface area contributed by atoms with E-state index in [9.17, 15) is 4.39 Å². The number of rotatable bonds is 4. The number of hydrogen-bond donors (Lipinski definition) is 1. The highest BCUT2D eigenvalue weighted by Gasteiger charge is 2.08. The molecule has 0 spiro atoms. The third-order valence-corrected chi connectivity index (χ3v) is 3.89. The summed E-state index contributed by atoms with van der Waals surface area (Å²) in [6.07, 6.45) is 0. The molecular formula is C15H14ClFN2OS. The normalized spacial score (nSPS) is 11.5. The lowest BCUT2D eigenvalue weighted by atomic mass is 10.2. The van der Waals surface area contributed by atoms with Crippen molar-refractivity contribution in [3.05, 3.63) is 58.9 Å². The van der Waals surface area contributed by atoms with Crippen LogP contribution in [0.4, 0.5) is 10.1 Å². The third kappa shape index (κ3) is 4.37. The first kappa shape index (κ1) is 15.7. The van der Waals surface area contributed by atoms with E-state index in [1.807, 2.05) is 18.2 Å². The van der Waals surface area contributed by atoms with Gasteiger partial charge in [0.05, 0.1) is 12.8 Å². The van der Waals surface area contributed by atoms with Gasteiger partial charge in [-0.2, -0.15) is 0 Å². The largest absolute Gasteiger partial charge is 0.497 e. The van der Waals surface area contributed by atoms with Crippen molar-refractivity contribution >= 4 is 34.2 Å². The van der Waals surface area contributed by atoms with Crippen molar-refractivity contribution in [1.29, 1.82) is 0 Å². The Kier molecular flexibility index (Phi) is 5.47. The highest BCUT2D eigenvalue weighted by molar-refractivity contribution is 8.13. The summed E-state index contributed by atoms with van der Waals surface area (Å²) in [5.41, 5.74) is 6.96. The number of nitrogens with two attached hydrogens (primary N) is 1. The molecule has 3 nitrogen and oxygen atoms in total. The van der Waals surface area contributed by atoms with Crippen LogP contribution in [-0.4, -0.2) is 12.3 Å². The zero-order chi connectivity index (χ0) is 15.2. The van der Waals surface area contributed by atoms with Crippen LogP contribution in [0.5, 0.6) is 5.75 Å². The maximum absolute atomic E-state index is 13.6. The highest BCUT2D eigenvalue weighted by Crippen LogP contribution is 2.25. The molecule has 0 atom stereocenters. The van der Waals surface area contributed by atoms with E-state index < -0.39 is 0 Å². The van der Waals surface area contributed by atoms with Gasteiger partial charge in [0.1, 0.15) is 11.6 Å². The number of methoxy groups -OCH3 is 1. The van der Waals surface area contributed by atoms with E-state index >= 15 is 0 Å². The molecule has 0 aromatic heterocycles. The SMILES string of the molecule is COc1cccc(N=C(N)SCc2c(F)cccc2Cl)c1. The summed E-state index contributed by atoms with van der Waals surface area (Å²) in [6.45, 7) is 0. The average Bonchev–Trinajstić information content (AvgIpc) is 2.47. The van der Waals surface area contributed by atoms with E-state index in [0.29, 0.717) is 32.9 Å². The Bertz CT molecular complexity index is 644. The summed E-state index contributed by atoms with van der Waals surface area (Å²) < 4.78 is 18.7. The van der Waals surface area contributed by atoms with Gasteiger partial charge in [0.2, 0.25) is 0 Å². The minimum absolute atomic E-state index is 0.324. The summed E-state index contributed by atoms with van der Waals surface area (Å²) in [4.78, 5) is 4.25. The first-order valence-electron chi connectivity index (χ1n) is 6.14. The van der Waals surface area contributed by atoms with E-state index in [1.165, 1.54) is 17.8 Å². The number of ether oxygens (including phenoxy) is 1. The van der Waals surface area contributed by atoms with Crippen LogP contribution >= 0.6 is 23.4 Å². The molecule has 0 saturated carbocycles. The number of hydrogen-bond acceptors (Lipinski definition) is 3. The summed E-state index contributed by atoms with van der Waals surface area (Å²) >= 11 is 7.19. The molecule has 0 aliphatic carbocycles. The molecule has 2 aromatic rings. The predicted molar refractivity (Wildman–Crippen MR) is 87.0 cm³/mol. The molecular weight excluding hydrogens is 311 g/mol. The fourth-order valence-electron chi connectivity index (χ4n) is 1.66. The quantitative estimate of drug-likeness (QED) is 0.671. The molecule has 0 saturated heterocycles. The van der Waals surface area contributed by atoms with Crippen molar-refractivity contribution in [2.24, 2.45) is 10.7 Å². The van der Waals surface area contributed by atoms with Gasteiger partial charge >= 0.3 is 0 Å². The smallest absolute Gasteiger partial charge is 0.159 e. The molecule has 110 valence electrons. The molecule has 0 aliphatic heterocycles. The standard InChI is InChI=1S/C15H14ClFN2OS/c1-20-11-5-2-4-10(8-11)19-15(18)21-9-12-13(16)6-3-7-14(12)17/h2-8H,9H2,1H3,(H2,18,19). The number of nitrogens with zero attached hydrogens (tertiary/aromatic N) is 1. The zero-order valence-electron chi connectivity index (χ0n) is 11.3. The van der Waals surface area contributed by atoms with Crippen LogP contribution in [-0.2, 0) is 5.75 Å². The van der Waals surface area contributed by atoms with Crippen LogP contribution < -0.4 is 10.5 Å². The second-order valence-electron chi connectivity index (χ2n) is 4.14. The lowest BCUT2D eigenvalue weighted by Gasteiger charge is -2.05. The maximum Gasteiger partial charge on any atom is 0.159 e. The van der Waals surface area contributed by atoms with Gasteiger partial charge in [-0.05, 0) is 24.3 Å². The van der Waals surface area contributed by atoms with Gasteiger partial charge in [-0.25, -0.2) is 9.38 Å². The Hall–Kier alpha value is -1.72. The molecule has 0 unspecified atom stereocenters. The highest BCUT2D eigenvalue weighted by atomic mass is 35.5. The van der Waals surface area contributed by atoms with E-state index in [4.69, 9.17) is 22.1 Å². The van der Waals surface area contributed by atoms with Gasteiger partial charge in [0, 0.05) is 22.4 Å². The van der Waals surface area contributed by atoms with Crippen molar-refractivity contribution in [2.45, 2.75) is 5.75 Å². The molecule has 0 radical (unpaired) electrons. The summed E-state index contributed by atoms with van der Waals surface area (Å²) in [6, 6.07) is 11.8. The zero-order valence-corrected chi connectivity index (χ0v) is 12.9. The van der Waals surface area contributed by atoms with Gasteiger partial charge in [0.25, 0.3) is 0 Å². The van der Waals surface area contributed by atoms with E-state index in [0.717, 1.165) is 0 Å². The van der Waals surface area contributed by atoms with Gasteiger partial charge in [-0.1, -0.05) is 35.5 Å². The van der Waals surface area contributed by atoms with Crippen LogP contribution in [0, 0.1) is 5.82 Å². The third-order valence-electron chi connectivity index (χ3n) is 2.72. The summed E-state index contributed by atoms with van der Waals surface area (Å²) in [5, 5.41) is 0.722. The Morgan fingerprint density at radius 1 is 1.33 bits per heavy atom. The number of halogens is 2. The summed E-state index contributed by atoms with van der Waals surface area (Å²) in [7, 11) is 1.58. The van der Waals surface area contributed by atoms with E-state index in [1.54, 1.807) is 25.3 Å². The molecule has 0 amide bonds. The Balaban J connectivity index is 2.07. The number of benzene rings is 2. The second kappa shape index (κ2) is 7.33. The van der Waals surface area contributed by atoms with Crippen molar-refractivity contribution in [2.75, 3.05) is 7.11 Å². The Morgan fingerprint density at radius 2 is 2.10 bits per heavy atom. The van der Waals surface area contributed by atoms with Gasteiger partial charge in [-0.3, -0.25) is 0 Å². The molecule has 2 N–H and O–H groups in total. The predicted octanol–water partition coefficient (Wildman–Crippen LogP) is 4.37. The molecule has 0 aliphatic rings. The molecule has 0 bridgehead atoms. The fourth-order valence-corrected chi connectivity index (χ4v) is 2.72.